The number of urea groups is 1. The molecule has 0 fully saturated rings. The summed E-state index contributed by atoms with van der Waals surface area (Å²) >= 11 is 0. The molecule has 0 aliphatic carbocycles. The third kappa shape index (κ3) is 6.39. The number of ether oxygens (including phenoxy) is 2. The first-order valence-electron chi connectivity index (χ1n) is 8.76. The van der Waals surface area contributed by atoms with Crippen LogP contribution >= 0.6 is 0 Å². The number of carboxylic acids is 1. The topological polar surface area (TPSA) is 109 Å². The van der Waals surface area contributed by atoms with E-state index in [1.165, 1.54) is 13.3 Å². The highest BCUT2D eigenvalue weighted by molar-refractivity contribution is 5.91. The van der Waals surface area contributed by atoms with Crippen LogP contribution in [0.5, 0.6) is 11.5 Å². The largest absolute Gasteiger partial charge is 0.493 e. The van der Waals surface area contributed by atoms with Gasteiger partial charge in [0.05, 0.1) is 13.3 Å². The van der Waals surface area contributed by atoms with Crippen molar-refractivity contribution in [3.8, 4) is 11.5 Å². The molecule has 2 aromatic carbocycles. The van der Waals surface area contributed by atoms with E-state index < -0.39 is 18.6 Å². The number of nitrogens with zero attached hydrogens (tertiary/aromatic N) is 1. The minimum absolute atomic E-state index is 0.331. The summed E-state index contributed by atoms with van der Waals surface area (Å²) < 4.78 is 10.7. The van der Waals surface area contributed by atoms with E-state index in [0.717, 1.165) is 5.56 Å². The summed E-state index contributed by atoms with van der Waals surface area (Å²) in [5.74, 6) is -0.403. The quantitative estimate of drug-likeness (QED) is 0.342. The normalized spacial score (nSPS) is 10.4. The highest BCUT2D eigenvalue weighted by atomic mass is 16.5. The average Bonchev–Trinajstić information content (AvgIpc) is 2.68. The molecule has 0 saturated heterocycles. The van der Waals surface area contributed by atoms with Gasteiger partial charge in [-0.25, -0.2) is 15.0 Å². The predicted octanol–water partition coefficient (Wildman–Crippen LogP) is 3.35. The maximum atomic E-state index is 12.0. The first-order valence-corrected chi connectivity index (χ1v) is 8.76. The van der Waals surface area contributed by atoms with Gasteiger partial charge in [0.2, 0.25) is 0 Å². The number of amides is 2. The van der Waals surface area contributed by atoms with Gasteiger partial charge in [-0.05, 0) is 42.7 Å². The van der Waals surface area contributed by atoms with Crippen LogP contribution in [-0.2, 0) is 11.2 Å². The lowest BCUT2D eigenvalue weighted by molar-refractivity contribution is -0.139. The monoisotopic (exact) mass is 397 g/mol. The molecule has 8 nitrogen and oxygen atoms in total. The van der Waals surface area contributed by atoms with E-state index in [1.54, 1.807) is 24.3 Å². The lowest BCUT2D eigenvalue weighted by Crippen LogP contribution is -2.24. The zero-order valence-electron chi connectivity index (χ0n) is 16.3. The number of benzene rings is 2. The Morgan fingerprint density at radius 2 is 2.03 bits per heavy atom. The van der Waals surface area contributed by atoms with E-state index in [1.807, 2.05) is 25.1 Å². The molecule has 0 bridgehead atoms. The molecule has 8 heteroatoms. The molecule has 0 atom stereocenters. The minimum Gasteiger partial charge on any atom is -0.493 e. The molecule has 2 rings (SSSR count). The molecule has 0 radical (unpaired) electrons. The molecular weight excluding hydrogens is 374 g/mol. The van der Waals surface area contributed by atoms with Crippen molar-refractivity contribution in [2.75, 3.05) is 19.0 Å². The SMILES string of the molecule is C=CCc1cc(/C=N/NC(=O)Nc2ccccc2C)cc(OC)c1OCC(=O)O. The lowest BCUT2D eigenvalue weighted by Gasteiger charge is -2.14. The van der Waals surface area contributed by atoms with Crippen LogP contribution in [0.2, 0.25) is 0 Å². The molecule has 0 heterocycles. The van der Waals surface area contributed by atoms with Gasteiger partial charge in [0.25, 0.3) is 0 Å². The molecule has 29 heavy (non-hydrogen) atoms. The van der Waals surface area contributed by atoms with E-state index in [0.29, 0.717) is 34.7 Å². The van der Waals surface area contributed by atoms with Gasteiger partial charge in [0.15, 0.2) is 18.1 Å². The Balaban J connectivity index is 2.13. The van der Waals surface area contributed by atoms with E-state index >= 15 is 0 Å². The number of nitrogens with one attached hydrogen (secondary N) is 2. The van der Waals surface area contributed by atoms with Crippen molar-refractivity contribution in [3.05, 3.63) is 65.7 Å². The van der Waals surface area contributed by atoms with Gasteiger partial charge < -0.3 is 19.9 Å². The Bertz CT molecular complexity index is 925. The Kier molecular flexibility index (Phi) is 7.78. The maximum absolute atomic E-state index is 12.0. The van der Waals surface area contributed by atoms with Crippen molar-refractivity contribution >= 4 is 23.9 Å². The molecule has 2 aromatic rings. The van der Waals surface area contributed by atoms with Gasteiger partial charge in [-0.15, -0.1) is 6.58 Å². The molecule has 0 saturated carbocycles. The summed E-state index contributed by atoms with van der Waals surface area (Å²) in [5.41, 5.74) is 5.35. The molecule has 0 spiro atoms. The fourth-order valence-corrected chi connectivity index (χ4v) is 2.54. The lowest BCUT2D eigenvalue weighted by atomic mass is 10.1. The second kappa shape index (κ2) is 10.5. The highest BCUT2D eigenvalue weighted by Gasteiger charge is 2.13. The van der Waals surface area contributed by atoms with E-state index in [-0.39, 0.29) is 0 Å². The predicted molar refractivity (Wildman–Crippen MR) is 111 cm³/mol. The van der Waals surface area contributed by atoms with E-state index in [9.17, 15) is 9.59 Å². The van der Waals surface area contributed by atoms with Crippen LogP contribution in [0.25, 0.3) is 0 Å². The van der Waals surface area contributed by atoms with E-state index in [2.05, 4.69) is 22.4 Å². The standard InChI is InChI=1S/C21H23N3O5/c1-4-7-16-10-15(11-18(28-3)20(16)29-13-19(25)26)12-22-24-21(27)23-17-9-6-5-8-14(17)2/h4-6,8-12H,1,7,13H2,2-3H3,(H,25,26)(H2,23,24,27)/b22-12+. The molecule has 0 unspecified atom stereocenters. The molecule has 0 aliphatic heterocycles. The van der Waals surface area contributed by atoms with Crippen LogP contribution in [0, 0.1) is 6.92 Å². The number of carbonyl (C=O) groups excluding carboxylic acids is 1. The smallest absolute Gasteiger partial charge is 0.341 e. The number of carbonyl (C=O) groups is 2. The number of methoxy groups -OCH3 is 1. The minimum atomic E-state index is -1.09. The number of hydrogen-bond acceptors (Lipinski definition) is 5. The van der Waals surface area contributed by atoms with Gasteiger partial charge in [0, 0.05) is 11.3 Å². The van der Waals surface area contributed by atoms with E-state index in [4.69, 9.17) is 14.6 Å². The van der Waals surface area contributed by atoms with Crippen molar-refractivity contribution < 1.29 is 24.2 Å². The molecule has 0 aromatic heterocycles. The molecule has 0 aliphatic rings. The first kappa shape index (κ1) is 21.5. The third-order valence-electron chi connectivity index (χ3n) is 3.85. The first-order chi connectivity index (χ1) is 13.9. The molecule has 2 amide bonds. The van der Waals surface area contributed by atoms with Gasteiger partial charge in [-0.2, -0.15) is 5.10 Å². The number of hydrazone groups is 1. The zero-order valence-corrected chi connectivity index (χ0v) is 16.3. The Morgan fingerprint density at radius 1 is 1.28 bits per heavy atom. The van der Waals surface area contributed by atoms with Gasteiger partial charge in [0.1, 0.15) is 0 Å². The Morgan fingerprint density at radius 3 is 2.69 bits per heavy atom. The van der Waals surface area contributed by atoms with Crippen molar-refractivity contribution in [1.29, 1.82) is 0 Å². The summed E-state index contributed by atoms with van der Waals surface area (Å²) in [6, 6.07) is 10.3. The number of carboxylic acid groups (broad SMARTS) is 1. The third-order valence-corrected chi connectivity index (χ3v) is 3.85. The summed E-state index contributed by atoms with van der Waals surface area (Å²) in [6.45, 7) is 5.10. The van der Waals surface area contributed by atoms with Crippen molar-refractivity contribution in [2.45, 2.75) is 13.3 Å². The maximum Gasteiger partial charge on any atom is 0.341 e. The number of anilines is 1. The summed E-state index contributed by atoms with van der Waals surface area (Å²) in [7, 11) is 1.45. The van der Waals surface area contributed by atoms with Crippen molar-refractivity contribution in [1.82, 2.24) is 5.43 Å². The fourth-order valence-electron chi connectivity index (χ4n) is 2.54. The van der Waals surface area contributed by atoms with Crippen molar-refractivity contribution in [2.24, 2.45) is 5.10 Å². The Hall–Kier alpha value is -3.81. The number of rotatable bonds is 9. The van der Waals surface area contributed by atoms with Gasteiger partial charge in [-0.3, -0.25) is 0 Å². The van der Waals surface area contributed by atoms with Gasteiger partial charge in [-0.1, -0.05) is 24.3 Å². The van der Waals surface area contributed by atoms with Crippen LogP contribution in [-0.4, -0.2) is 37.0 Å². The second-order valence-electron chi connectivity index (χ2n) is 6.03. The molecule has 3 N–H and O–H groups in total. The number of allylic oxidation sites excluding steroid dienone is 1. The fraction of sp³-hybridized carbons (Fsp3) is 0.190. The summed E-state index contributed by atoms with van der Waals surface area (Å²) in [5, 5.41) is 15.5. The van der Waals surface area contributed by atoms with Crippen LogP contribution in [0.1, 0.15) is 16.7 Å². The summed E-state index contributed by atoms with van der Waals surface area (Å²) in [4.78, 5) is 22.8. The van der Waals surface area contributed by atoms with Crippen LogP contribution in [0.15, 0.2) is 54.2 Å². The van der Waals surface area contributed by atoms with Crippen LogP contribution < -0.4 is 20.2 Å². The highest BCUT2D eigenvalue weighted by Crippen LogP contribution is 2.33. The number of aliphatic carboxylic acids is 1. The molecule has 152 valence electrons. The average molecular weight is 397 g/mol. The van der Waals surface area contributed by atoms with Crippen LogP contribution in [0.3, 0.4) is 0 Å². The van der Waals surface area contributed by atoms with Crippen molar-refractivity contribution in [3.63, 3.8) is 0 Å². The van der Waals surface area contributed by atoms with Gasteiger partial charge >= 0.3 is 12.0 Å². The van der Waals surface area contributed by atoms with Crippen LogP contribution in [0.4, 0.5) is 10.5 Å². The number of para-hydroxylation sites is 1. The second-order valence-corrected chi connectivity index (χ2v) is 6.03. The molecular formula is C21H23N3O5. The zero-order chi connectivity index (χ0) is 21.2. The number of aryl methyl sites for hydroxylation is 1. The summed E-state index contributed by atoms with van der Waals surface area (Å²) in [6.07, 6.45) is 3.55. The Labute approximate surface area is 168 Å². The number of hydrogen-bond donors (Lipinski definition) is 3.